The molecule has 1 saturated heterocycles. The fourth-order valence-electron chi connectivity index (χ4n) is 2.20. The molecule has 0 aromatic carbocycles. The van der Waals surface area contributed by atoms with Gasteiger partial charge >= 0.3 is 12.0 Å². The van der Waals surface area contributed by atoms with Crippen LogP contribution in [0.5, 0.6) is 0 Å². The molecule has 0 aromatic rings. The highest BCUT2D eigenvalue weighted by Crippen LogP contribution is 2.15. The first-order valence-electron chi connectivity index (χ1n) is 6.86. The third-order valence-corrected chi connectivity index (χ3v) is 3.39. The van der Waals surface area contributed by atoms with Crippen LogP contribution in [-0.4, -0.2) is 54.9 Å². The maximum Gasteiger partial charge on any atom is 0.326 e. The number of carbonyl (C=O) groups is 2. The van der Waals surface area contributed by atoms with Crippen LogP contribution >= 0.6 is 0 Å². The van der Waals surface area contributed by atoms with Gasteiger partial charge in [-0.25, -0.2) is 9.59 Å². The molecule has 1 aliphatic rings. The minimum atomic E-state index is -0.977. The Morgan fingerprint density at radius 3 is 2.58 bits per heavy atom. The zero-order valence-electron chi connectivity index (χ0n) is 11.7. The van der Waals surface area contributed by atoms with E-state index in [0.29, 0.717) is 18.9 Å². The normalized spacial score (nSPS) is 17.8. The summed E-state index contributed by atoms with van der Waals surface area (Å²) in [6.45, 7) is 4.03. The summed E-state index contributed by atoms with van der Waals surface area (Å²) in [7, 11) is 1.70. The number of carbonyl (C=O) groups excluding carboxylic acids is 1. The van der Waals surface area contributed by atoms with Gasteiger partial charge in [0.05, 0.1) is 0 Å². The summed E-state index contributed by atoms with van der Waals surface area (Å²) in [5.41, 5.74) is 0. The summed E-state index contributed by atoms with van der Waals surface area (Å²) in [6, 6.07) is -1.11. The molecule has 6 heteroatoms. The number of ether oxygens (including phenoxy) is 1. The first-order valence-corrected chi connectivity index (χ1v) is 6.86. The molecule has 1 heterocycles. The SMILES string of the molecule is CCC[C@H](NC(=O)N(C)CC1CCOCC1)C(=O)O. The standard InChI is InChI=1S/C13H24N2O4/c1-3-4-11(12(16)17)14-13(18)15(2)9-10-5-7-19-8-6-10/h10-11H,3-9H2,1-2H3,(H,14,18)(H,16,17)/t11-/m0/s1. The van der Waals surface area contributed by atoms with Gasteiger partial charge in [0, 0.05) is 26.8 Å². The molecule has 0 spiro atoms. The second kappa shape index (κ2) is 7.99. The predicted molar refractivity (Wildman–Crippen MR) is 71.0 cm³/mol. The van der Waals surface area contributed by atoms with E-state index in [1.165, 1.54) is 0 Å². The molecule has 0 unspecified atom stereocenters. The number of amides is 2. The molecule has 1 fully saturated rings. The maximum absolute atomic E-state index is 11.9. The third-order valence-electron chi connectivity index (χ3n) is 3.39. The van der Waals surface area contributed by atoms with Crippen LogP contribution in [0, 0.1) is 5.92 Å². The zero-order chi connectivity index (χ0) is 14.3. The summed E-state index contributed by atoms with van der Waals surface area (Å²) in [4.78, 5) is 24.5. The van der Waals surface area contributed by atoms with Crippen molar-refractivity contribution in [2.24, 2.45) is 5.92 Å². The molecule has 1 atom stereocenters. The smallest absolute Gasteiger partial charge is 0.326 e. The van der Waals surface area contributed by atoms with Crippen molar-refractivity contribution < 1.29 is 19.4 Å². The fraction of sp³-hybridized carbons (Fsp3) is 0.846. The Balaban J connectivity index is 2.39. The van der Waals surface area contributed by atoms with E-state index < -0.39 is 12.0 Å². The average molecular weight is 272 g/mol. The van der Waals surface area contributed by atoms with Gasteiger partial charge < -0.3 is 20.1 Å². The molecule has 19 heavy (non-hydrogen) atoms. The summed E-state index contributed by atoms with van der Waals surface area (Å²) in [6.07, 6.45) is 3.08. The first-order chi connectivity index (χ1) is 9.04. The van der Waals surface area contributed by atoms with Crippen LogP contribution < -0.4 is 5.32 Å². The van der Waals surface area contributed by atoms with Crippen molar-refractivity contribution in [3.63, 3.8) is 0 Å². The van der Waals surface area contributed by atoms with Crippen LogP contribution in [-0.2, 0) is 9.53 Å². The van der Waals surface area contributed by atoms with Crippen LogP contribution in [0.15, 0.2) is 0 Å². The molecule has 6 nitrogen and oxygen atoms in total. The number of hydrogen-bond donors (Lipinski definition) is 2. The van der Waals surface area contributed by atoms with Crippen LogP contribution in [0.1, 0.15) is 32.6 Å². The molecule has 1 rings (SSSR count). The van der Waals surface area contributed by atoms with E-state index in [2.05, 4.69) is 5.32 Å². The highest BCUT2D eigenvalue weighted by atomic mass is 16.5. The third kappa shape index (κ3) is 5.46. The lowest BCUT2D eigenvalue weighted by Gasteiger charge is -2.28. The van der Waals surface area contributed by atoms with Gasteiger partial charge in [-0.15, -0.1) is 0 Å². The molecular formula is C13H24N2O4. The molecule has 0 aliphatic carbocycles. The molecule has 0 saturated carbocycles. The number of hydrogen-bond acceptors (Lipinski definition) is 3. The Labute approximate surface area is 114 Å². The summed E-state index contributed by atoms with van der Waals surface area (Å²) in [5, 5.41) is 11.6. The van der Waals surface area contributed by atoms with Gasteiger partial charge in [-0.1, -0.05) is 13.3 Å². The minimum absolute atomic E-state index is 0.313. The first kappa shape index (κ1) is 15.8. The quantitative estimate of drug-likeness (QED) is 0.764. The van der Waals surface area contributed by atoms with E-state index in [9.17, 15) is 9.59 Å². The lowest BCUT2D eigenvalue weighted by molar-refractivity contribution is -0.139. The number of urea groups is 1. The van der Waals surface area contributed by atoms with Crippen molar-refractivity contribution >= 4 is 12.0 Å². The van der Waals surface area contributed by atoms with Gasteiger partial charge in [-0.05, 0) is 25.2 Å². The fourth-order valence-corrected chi connectivity index (χ4v) is 2.20. The van der Waals surface area contributed by atoms with Crippen LogP contribution in [0.3, 0.4) is 0 Å². The largest absolute Gasteiger partial charge is 0.480 e. The Kier molecular flexibility index (Phi) is 6.62. The summed E-state index contributed by atoms with van der Waals surface area (Å²) < 4.78 is 5.27. The van der Waals surface area contributed by atoms with Crippen LogP contribution in [0.4, 0.5) is 4.79 Å². The van der Waals surface area contributed by atoms with E-state index in [1.54, 1.807) is 11.9 Å². The van der Waals surface area contributed by atoms with Gasteiger partial charge in [-0.3, -0.25) is 0 Å². The van der Waals surface area contributed by atoms with Crippen molar-refractivity contribution in [3.8, 4) is 0 Å². The van der Waals surface area contributed by atoms with Crippen LogP contribution in [0.2, 0.25) is 0 Å². The second-order valence-electron chi connectivity index (χ2n) is 5.07. The van der Waals surface area contributed by atoms with Gasteiger partial charge in [0.15, 0.2) is 0 Å². The van der Waals surface area contributed by atoms with Crippen LogP contribution in [0.25, 0.3) is 0 Å². The number of nitrogens with one attached hydrogen (secondary N) is 1. The number of nitrogens with zero attached hydrogens (tertiary/aromatic N) is 1. The lowest BCUT2D eigenvalue weighted by atomic mass is 10.00. The van der Waals surface area contributed by atoms with E-state index in [-0.39, 0.29) is 6.03 Å². The van der Waals surface area contributed by atoms with Gasteiger partial charge in [0.25, 0.3) is 0 Å². The summed E-state index contributed by atoms with van der Waals surface area (Å²) in [5.74, 6) is -0.534. The number of rotatable bonds is 6. The molecule has 2 N–H and O–H groups in total. The van der Waals surface area contributed by atoms with Crippen molar-refractivity contribution in [1.29, 1.82) is 0 Å². The van der Waals surface area contributed by atoms with Crippen molar-refractivity contribution in [1.82, 2.24) is 10.2 Å². The maximum atomic E-state index is 11.9. The molecule has 1 aliphatic heterocycles. The highest BCUT2D eigenvalue weighted by Gasteiger charge is 2.23. The van der Waals surface area contributed by atoms with Gasteiger partial charge in [0.1, 0.15) is 6.04 Å². The molecule has 0 aromatic heterocycles. The van der Waals surface area contributed by atoms with Crippen molar-refractivity contribution in [3.05, 3.63) is 0 Å². The van der Waals surface area contributed by atoms with E-state index in [0.717, 1.165) is 32.5 Å². The van der Waals surface area contributed by atoms with E-state index in [1.807, 2.05) is 6.92 Å². The molecular weight excluding hydrogens is 248 g/mol. The Morgan fingerprint density at radius 2 is 2.05 bits per heavy atom. The monoisotopic (exact) mass is 272 g/mol. The lowest BCUT2D eigenvalue weighted by Crippen LogP contribution is -2.48. The molecule has 0 radical (unpaired) electrons. The van der Waals surface area contributed by atoms with E-state index >= 15 is 0 Å². The second-order valence-corrected chi connectivity index (χ2v) is 5.07. The minimum Gasteiger partial charge on any atom is -0.480 e. The predicted octanol–water partition coefficient (Wildman–Crippen LogP) is 1.31. The van der Waals surface area contributed by atoms with Crippen molar-refractivity contribution in [2.45, 2.75) is 38.6 Å². The molecule has 2 amide bonds. The number of aliphatic carboxylic acids is 1. The van der Waals surface area contributed by atoms with Gasteiger partial charge in [-0.2, -0.15) is 0 Å². The van der Waals surface area contributed by atoms with E-state index in [4.69, 9.17) is 9.84 Å². The molecule has 0 bridgehead atoms. The van der Waals surface area contributed by atoms with Crippen molar-refractivity contribution in [2.75, 3.05) is 26.8 Å². The number of carboxylic acids is 1. The summed E-state index contributed by atoms with van der Waals surface area (Å²) >= 11 is 0. The average Bonchev–Trinajstić information content (AvgIpc) is 2.39. The topological polar surface area (TPSA) is 78.9 Å². The highest BCUT2D eigenvalue weighted by molar-refractivity contribution is 5.82. The Hall–Kier alpha value is -1.30. The van der Waals surface area contributed by atoms with Gasteiger partial charge in [0.2, 0.25) is 0 Å². The zero-order valence-corrected chi connectivity index (χ0v) is 11.7. The molecule has 110 valence electrons. The number of carboxylic acid groups (broad SMARTS) is 1. The Morgan fingerprint density at radius 1 is 1.42 bits per heavy atom. The Bertz CT molecular complexity index is 303.